The standard InChI is InChI=1S/C15H15N3OS/c1-3-16-14-13-12(8-20-15(13)18-9-17-14)10-4-6-11(19-2)7-5-10/h4-9H,3H2,1-2H3,(H,16,17,18). The summed E-state index contributed by atoms with van der Waals surface area (Å²) in [6.07, 6.45) is 1.61. The van der Waals surface area contributed by atoms with Crippen molar-refractivity contribution in [2.45, 2.75) is 6.92 Å². The van der Waals surface area contributed by atoms with Crippen LogP contribution in [0.3, 0.4) is 0 Å². The zero-order chi connectivity index (χ0) is 13.9. The number of nitrogens with one attached hydrogen (secondary N) is 1. The van der Waals surface area contributed by atoms with Gasteiger partial charge in [0.2, 0.25) is 0 Å². The van der Waals surface area contributed by atoms with E-state index in [9.17, 15) is 0 Å². The zero-order valence-electron chi connectivity index (χ0n) is 11.4. The van der Waals surface area contributed by atoms with Crippen molar-refractivity contribution in [1.29, 1.82) is 0 Å². The summed E-state index contributed by atoms with van der Waals surface area (Å²) in [5.74, 6) is 1.75. The molecule has 2 aromatic heterocycles. The maximum Gasteiger partial charge on any atom is 0.138 e. The first-order chi connectivity index (χ1) is 9.83. The Bertz CT molecular complexity index is 722. The summed E-state index contributed by atoms with van der Waals surface area (Å²) in [6.45, 7) is 2.90. The Morgan fingerprint density at radius 2 is 2.00 bits per heavy atom. The van der Waals surface area contributed by atoms with E-state index < -0.39 is 0 Å². The van der Waals surface area contributed by atoms with Crippen molar-refractivity contribution >= 4 is 27.4 Å². The van der Waals surface area contributed by atoms with Gasteiger partial charge in [0.1, 0.15) is 22.7 Å². The minimum Gasteiger partial charge on any atom is -0.497 e. The van der Waals surface area contributed by atoms with Crippen LogP contribution in [0, 0.1) is 0 Å². The lowest BCUT2D eigenvalue weighted by Gasteiger charge is -2.06. The second-order valence-electron chi connectivity index (χ2n) is 4.31. The van der Waals surface area contributed by atoms with E-state index in [1.807, 2.05) is 12.1 Å². The molecular formula is C15H15N3OS. The molecule has 0 unspecified atom stereocenters. The third-order valence-electron chi connectivity index (χ3n) is 3.12. The maximum absolute atomic E-state index is 5.20. The molecule has 5 heteroatoms. The summed E-state index contributed by atoms with van der Waals surface area (Å²) in [5, 5.41) is 6.51. The van der Waals surface area contributed by atoms with Crippen LogP contribution in [0.1, 0.15) is 6.92 Å². The highest BCUT2D eigenvalue weighted by Gasteiger charge is 2.12. The molecule has 0 fully saturated rings. The molecule has 1 N–H and O–H groups in total. The highest BCUT2D eigenvalue weighted by Crippen LogP contribution is 2.36. The second-order valence-corrected chi connectivity index (χ2v) is 5.17. The Morgan fingerprint density at radius 3 is 2.70 bits per heavy atom. The largest absolute Gasteiger partial charge is 0.497 e. The van der Waals surface area contributed by atoms with Crippen LogP contribution in [0.4, 0.5) is 5.82 Å². The Kier molecular flexibility index (Phi) is 3.52. The van der Waals surface area contributed by atoms with Gasteiger partial charge in [0, 0.05) is 17.5 Å². The number of rotatable bonds is 4. The quantitative estimate of drug-likeness (QED) is 0.792. The van der Waals surface area contributed by atoms with Crippen molar-refractivity contribution in [1.82, 2.24) is 9.97 Å². The van der Waals surface area contributed by atoms with Crippen LogP contribution >= 0.6 is 11.3 Å². The predicted octanol–water partition coefficient (Wildman–Crippen LogP) is 3.80. The molecule has 3 aromatic rings. The summed E-state index contributed by atoms with van der Waals surface area (Å²) in [7, 11) is 1.67. The molecule has 3 rings (SSSR count). The van der Waals surface area contributed by atoms with Crippen LogP contribution < -0.4 is 10.1 Å². The number of methoxy groups -OCH3 is 1. The number of fused-ring (bicyclic) bond motifs is 1. The first kappa shape index (κ1) is 12.9. The summed E-state index contributed by atoms with van der Waals surface area (Å²) in [6, 6.07) is 8.05. The van der Waals surface area contributed by atoms with Crippen LogP contribution in [0.5, 0.6) is 5.75 Å². The molecule has 20 heavy (non-hydrogen) atoms. The average molecular weight is 285 g/mol. The van der Waals surface area contributed by atoms with Crippen molar-refractivity contribution in [3.05, 3.63) is 36.0 Å². The van der Waals surface area contributed by atoms with Gasteiger partial charge in [-0.05, 0) is 24.6 Å². The topological polar surface area (TPSA) is 47.0 Å². The van der Waals surface area contributed by atoms with E-state index in [1.54, 1.807) is 24.8 Å². The Balaban J connectivity index is 2.14. The highest BCUT2D eigenvalue weighted by molar-refractivity contribution is 7.17. The van der Waals surface area contributed by atoms with Crippen LogP contribution in [-0.4, -0.2) is 23.6 Å². The van der Waals surface area contributed by atoms with Crippen molar-refractivity contribution in [3.8, 4) is 16.9 Å². The third-order valence-corrected chi connectivity index (χ3v) is 4.00. The maximum atomic E-state index is 5.20. The van der Waals surface area contributed by atoms with Gasteiger partial charge in [0.15, 0.2) is 0 Å². The van der Waals surface area contributed by atoms with Gasteiger partial charge in [-0.25, -0.2) is 9.97 Å². The molecule has 0 saturated heterocycles. The molecule has 2 heterocycles. The number of thiophene rings is 1. The van der Waals surface area contributed by atoms with Crippen molar-refractivity contribution in [2.24, 2.45) is 0 Å². The molecule has 102 valence electrons. The minimum atomic E-state index is 0.837. The van der Waals surface area contributed by atoms with Gasteiger partial charge in [-0.3, -0.25) is 0 Å². The van der Waals surface area contributed by atoms with E-state index in [0.29, 0.717) is 0 Å². The van der Waals surface area contributed by atoms with Gasteiger partial charge >= 0.3 is 0 Å². The van der Waals surface area contributed by atoms with Crippen molar-refractivity contribution < 1.29 is 4.74 Å². The summed E-state index contributed by atoms with van der Waals surface area (Å²) >= 11 is 1.64. The van der Waals surface area contributed by atoms with E-state index in [-0.39, 0.29) is 0 Å². The molecule has 0 aliphatic carbocycles. The van der Waals surface area contributed by atoms with Crippen LogP contribution in [-0.2, 0) is 0 Å². The normalized spacial score (nSPS) is 10.7. The number of nitrogens with zero attached hydrogens (tertiary/aromatic N) is 2. The fourth-order valence-corrected chi connectivity index (χ4v) is 3.08. The summed E-state index contributed by atoms with van der Waals surface area (Å²) < 4.78 is 5.20. The molecule has 0 saturated carbocycles. The Labute approximate surface area is 121 Å². The van der Waals surface area contributed by atoms with Gasteiger partial charge < -0.3 is 10.1 Å². The van der Waals surface area contributed by atoms with Gasteiger partial charge in [-0.2, -0.15) is 0 Å². The SMILES string of the molecule is CCNc1ncnc2scc(-c3ccc(OC)cc3)c12. The number of aromatic nitrogens is 2. The van der Waals surface area contributed by atoms with Crippen LogP contribution in [0.2, 0.25) is 0 Å². The summed E-state index contributed by atoms with van der Waals surface area (Å²) in [5.41, 5.74) is 2.30. The molecular weight excluding hydrogens is 270 g/mol. The molecule has 0 aliphatic heterocycles. The molecule has 1 aromatic carbocycles. The van der Waals surface area contributed by atoms with E-state index in [1.165, 1.54) is 0 Å². The highest BCUT2D eigenvalue weighted by atomic mass is 32.1. The smallest absolute Gasteiger partial charge is 0.138 e. The van der Waals surface area contributed by atoms with E-state index in [4.69, 9.17) is 4.74 Å². The monoisotopic (exact) mass is 285 g/mol. The first-order valence-corrected chi connectivity index (χ1v) is 7.32. The fourth-order valence-electron chi connectivity index (χ4n) is 2.16. The van der Waals surface area contributed by atoms with Crippen LogP contribution in [0.25, 0.3) is 21.3 Å². The second kappa shape index (κ2) is 5.46. The van der Waals surface area contributed by atoms with Crippen LogP contribution in [0.15, 0.2) is 36.0 Å². The number of hydrogen-bond acceptors (Lipinski definition) is 5. The zero-order valence-corrected chi connectivity index (χ0v) is 12.2. The number of hydrogen-bond donors (Lipinski definition) is 1. The molecule has 0 spiro atoms. The van der Waals surface area contributed by atoms with Gasteiger partial charge in [0.05, 0.1) is 12.5 Å². The Morgan fingerprint density at radius 1 is 1.20 bits per heavy atom. The van der Waals surface area contributed by atoms with Crippen molar-refractivity contribution in [3.63, 3.8) is 0 Å². The first-order valence-electron chi connectivity index (χ1n) is 6.44. The minimum absolute atomic E-state index is 0.837. The number of benzene rings is 1. The fraction of sp³-hybridized carbons (Fsp3) is 0.200. The predicted molar refractivity (Wildman–Crippen MR) is 83.6 cm³/mol. The molecule has 0 aliphatic rings. The van der Waals surface area contributed by atoms with E-state index in [2.05, 4.69) is 39.7 Å². The number of ether oxygens (including phenoxy) is 1. The lowest BCUT2D eigenvalue weighted by atomic mass is 10.1. The van der Waals surface area contributed by atoms with Crippen molar-refractivity contribution in [2.75, 3.05) is 19.0 Å². The molecule has 0 radical (unpaired) electrons. The summed E-state index contributed by atoms with van der Waals surface area (Å²) in [4.78, 5) is 9.70. The van der Waals surface area contributed by atoms with Gasteiger partial charge in [0.25, 0.3) is 0 Å². The molecule has 4 nitrogen and oxygen atoms in total. The third kappa shape index (κ3) is 2.20. The molecule has 0 amide bonds. The molecule has 0 atom stereocenters. The Hall–Kier alpha value is -2.14. The lowest BCUT2D eigenvalue weighted by molar-refractivity contribution is 0.415. The molecule has 0 bridgehead atoms. The van der Waals surface area contributed by atoms with Gasteiger partial charge in [-0.15, -0.1) is 11.3 Å². The lowest BCUT2D eigenvalue weighted by Crippen LogP contribution is -2.00. The van der Waals surface area contributed by atoms with E-state index >= 15 is 0 Å². The van der Waals surface area contributed by atoms with E-state index in [0.717, 1.165) is 39.5 Å². The average Bonchev–Trinajstić information content (AvgIpc) is 2.93. The number of anilines is 1. The van der Waals surface area contributed by atoms with Gasteiger partial charge in [-0.1, -0.05) is 12.1 Å².